The summed E-state index contributed by atoms with van der Waals surface area (Å²) in [6.07, 6.45) is 0.110. The SMILES string of the molecule is COc1cc(C)c(S(=O)(=O)N(C)CCC(=O)NCCN2CCN(c3cc(C)nc(C)c3)CC2)c(C)c1. The van der Waals surface area contributed by atoms with Crippen LogP contribution in [0.25, 0.3) is 0 Å². The van der Waals surface area contributed by atoms with Gasteiger partial charge in [-0.25, -0.2) is 12.7 Å². The van der Waals surface area contributed by atoms with Crippen molar-refractivity contribution in [3.63, 3.8) is 0 Å². The summed E-state index contributed by atoms with van der Waals surface area (Å²) in [4.78, 5) is 21.8. The number of benzene rings is 1. The molecule has 0 bridgehead atoms. The molecule has 2 heterocycles. The minimum absolute atomic E-state index is 0.110. The van der Waals surface area contributed by atoms with Crippen LogP contribution in [0.2, 0.25) is 0 Å². The van der Waals surface area contributed by atoms with Gasteiger partial charge in [0.25, 0.3) is 0 Å². The molecule has 1 aliphatic rings. The maximum atomic E-state index is 13.1. The van der Waals surface area contributed by atoms with E-state index in [0.717, 1.165) is 44.1 Å². The van der Waals surface area contributed by atoms with E-state index in [9.17, 15) is 13.2 Å². The largest absolute Gasteiger partial charge is 0.497 e. The van der Waals surface area contributed by atoms with Crippen molar-refractivity contribution in [2.45, 2.75) is 39.0 Å². The van der Waals surface area contributed by atoms with Crippen LogP contribution >= 0.6 is 0 Å². The molecule has 1 amide bonds. The van der Waals surface area contributed by atoms with Crippen LogP contribution in [-0.4, -0.2) is 88.5 Å². The second-order valence-electron chi connectivity index (χ2n) is 9.45. The normalized spacial score (nSPS) is 14.8. The first kappa shape index (κ1) is 27.9. The number of pyridine rings is 1. The van der Waals surface area contributed by atoms with Gasteiger partial charge < -0.3 is 15.0 Å². The lowest BCUT2D eigenvalue weighted by Crippen LogP contribution is -2.48. The van der Waals surface area contributed by atoms with Crippen molar-refractivity contribution in [2.24, 2.45) is 0 Å². The molecule has 2 aromatic rings. The van der Waals surface area contributed by atoms with Crippen molar-refractivity contribution in [1.29, 1.82) is 0 Å². The van der Waals surface area contributed by atoms with Crippen molar-refractivity contribution < 1.29 is 17.9 Å². The summed E-state index contributed by atoms with van der Waals surface area (Å²) in [7, 11) is -0.648. The molecule has 1 N–H and O–H groups in total. The van der Waals surface area contributed by atoms with E-state index in [1.165, 1.54) is 17.0 Å². The Balaban J connectivity index is 1.42. The molecule has 10 heteroatoms. The van der Waals surface area contributed by atoms with Gasteiger partial charge in [0.2, 0.25) is 15.9 Å². The van der Waals surface area contributed by atoms with E-state index in [1.807, 2.05) is 13.8 Å². The number of nitrogens with one attached hydrogen (secondary N) is 1. The average molecular weight is 518 g/mol. The van der Waals surface area contributed by atoms with Gasteiger partial charge in [-0.2, -0.15) is 0 Å². The fraction of sp³-hybridized carbons (Fsp3) is 0.538. The van der Waals surface area contributed by atoms with Crippen LogP contribution in [0.4, 0.5) is 5.69 Å². The molecule has 1 saturated heterocycles. The number of amides is 1. The van der Waals surface area contributed by atoms with Crippen molar-refractivity contribution in [1.82, 2.24) is 19.5 Å². The number of aryl methyl sites for hydroxylation is 4. The minimum Gasteiger partial charge on any atom is -0.497 e. The first-order valence-corrected chi connectivity index (χ1v) is 13.8. The molecule has 0 radical (unpaired) electrons. The Labute approximate surface area is 215 Å². The molecule has 1 aliphatic heterocycles. The summed E-state index contributed by atoms with van der Waals surface area (Å²) in [5, 5.41) is 2.93. The van der Waals surface area contributed by atoms with Crippen LogP contribution < -0.4 is 15.0 Å². The summed E-state index contributed by atoms with van der Waals surface area (Å²) in [5.74, 6) is 0.469. The van der Waals surface area contributed by atoms with Gasteiger partial charge in [-0.1, -0.05) is 0 Å². The number of rotatable bonds is 10. The van der Waals surface area contributed by atoms with Crippen LogP contribution in [0, 0.1) is 27.7 Å². The molecule has 198 valence electrons. The van der Waals surface area contributed by atoms with Crippen molar-refractivity contribution in [3.8, 4) is 5.75 Å². The molecule has 0 spiro atoms. The Morgan fingerprint density at radius 1 is 1.03 bits per heavy atom. The first-order chi connectivity index (χ1) is 17.0. The zero-order valence-electron chi connectivity index (χ0n) is 22.3. The van der Waals surface area contributed by atoms with Crippen molar-refractivity contribution in [3.05, 3.63) is 46.8 Å². The van der Waals surface area contributed by atoms with Gasteiger partial charge in [0.05, 0.1) is 12.0 Å². The number of sulfonamides is 1. The second-order valence-corrected chi connectivity index (χ2v) is 11.4. The van der Waals surface area contributed by atoms with Gasteiger partial charge in [-0.3, -0.25) is 14.7 Å². The summed E-state index contributed by atoms with van der Waals surface area (Å²) in [6, 6.07) is 7.66. The third-order valence-corrected chi connectivity index (χ3v) is 8.71. The average Bonchev–Trinajstić information content (AvgIpc) is 2.81. The van der Waals surface area contributed by atoms with Crippen LogP contribution in [-0.2, 0) is 14.8 Å². The Morgan fingerprint density at radius 3 is 2.17 bits per heavy atom. The Kier molecular flexibility index (Phi) is 9.32. The quantitative estimate of drug-likeness (QED) is 0.517. The maximum absolute atomic E-state index is 13.1. The molecule has 1 aromatic heterocycles. The number of carbonyl (C=O) groups is 1. The lowest BCUT2D eigenvalue weighted by Gasteiger charge is -2.36. The van der Waals surface area contributed by atoms with E-state index in [4.69, 9.17) is 4.74 Å². The molecule has 3 rings (SSSR count). The molecule has 0 unspecified atom stereocenters. The molecule has 36 heavy (non-hydrogen) atoms. The predicted octanol–water partition coefficient (Wildman–Crippen LogP) is 2.27. The summed E-state index contributed by atoms with van der Waals surface area (Å²) in [5.41, 5.74) is 4.52. The number of nitrogens with zero attached hydrogens (tertiary/aromatic N) is 4. The van der Waals surface area contributed by atoms with E-state index < -0.39 is 10.0 Å². The minimum atomic E-state index is -3.71. The summed E-state index contributed by atoms with van der Waals surface area (Å²) >= 11 is 0. The zero-order valence-corrected chi connectivity index (χ0v) is 23.1. The number of piperazine rings is 1. The lowest BCUT2D eigenvalue weighted by molar-refractivity contribution is -0.121. The third-order valence-electron chi connectivity index (χ3n) is 6.55. The van der Waals surface area contributed by atoms with Gasteiger partial charge >= 0.3 is 0 Å². The smallest absolute Gasteiger partial charge is 0.243 e. The molecule has 9 nitrogen and oxygen atoms in total. The highest BCUT2D eigenvalue weighted by Gasteiger charge is 2.26. The molecule has 0 atom stereocenters. The number of anilines is 1. The summed E-state index contributed by atoms with van der Waals surface area (Å²) in [6.45, 7) is 12.7. The van der Waals surface area contributed by atoms with Gasteiger partial charge in [0.1, 0.15) is 5.75 Å². The third kappa shape index (κ3) is 6.96. The van der Waals surface area contributed by atoms with Gasteiger partial charge in [0, 0.05) is 76.4 Å². The highest BCUT2D eigenvalue weighted by atomic mass is 32.2. The molecule has 0 aliphatic carbocycles. The van der Waals surface area contributed by atoms with Crippen LogP contribution in [0.3, 0.4) is 0 Å². The first-order valence-electron chi connectivity index (χ1n) is 12.3. The molecule has 1 aromatic carbocycles. The van der Waals surface area contributed by atoms with Gasteiger partial charge in [0.15, 0.2) is 0 Å². The van der Waals surface area contributed by atoms with Crippen molar-refractivity contribution in [2.75, 3.05) is 64.9 Å². The molecular formula is C26H39N5O4S. The van der Waals surface area contributed by atoms with Crippen LogP contribution in [0.5, 0.6) is 5.75 Å². The Hall–Kier alpha value is -2.69. The summed E-state index contributed by atoms with van der Waals surface area (Å²) < 4.78 is 32.7. The standard InChI is InChI=1S/C26H39N5O4S/c1-19-15-24(35-6)16-20(2)26(19)36(33,34)29(5)9-7-25(32)27-8-10-30-11-13-31(14-12-30)23-17-21(3)28-22(4)18-23/h15-18H,7-14H2,1-6H3,(H,27,32). The van der Waals surface area contributed by atoms with E-state index in [2.05, 4.69) is 32.2 Å². The Morgan fingerprint density at radius 2 is 1.61 bits per heavy atom. The number of methoxy groups -OCH3 is 1. The van der Waals surface area contributed by atoms with Crippen LogP contribution in [0.1, 0.15) is 28.9 Å². The van der Waals surface area contributed by atoms with Gasteiger partial charge in [-0.05, 0) is 63.1 Å². The van der Waals surface area contributed by atoms with E-state index in [0.29, 0.717) is 23.4 Å². The van der Waals surface area contributed by atoms with E-state index in [1.54, 1.807) is 33.1 Å². The van der Waals surface area contributed by atoms with Crippen molar-refractivity contribution >= 4 is 21.6 Å². The number of ether oxygens (including phenoxy) is 1. The second kappa shape index (κ2) is 12.0. The highest BCUT2D eigenvalue weighted by Crippen LogP contribution is 2.27. The lowest BCUT2D eigenvalue weighted by atomic mass is 10.1. The fourth-order valence-electron chi connectivity index (χ4n) is 4.64. The zero-order chi connectivity index (χ0) is 26.5. The van der Waals surface area contributed by atoms with Gasteiger partial charge in [-0.15, -0.1) is 0 Å². The predicted molar refractivity (Wildman–Crippen MR) is 142 cm³/mol. The number of aromatic nitrogens is 1. The van der Waals surface area contributed by atoms with Crippen LogP contribution in [0.15, 0.2) is 29.2 Å². The highest BCUT2D eigenvalue weighted by molar-refractivity contribution is 7.89. The van der Waals surface area contributed by atoms with E-state index in [-0.39, 0.29) is 23.8 Å². The maximum Gasteiger partial charge on any atom is 0.243 e. The molecular weight excluding hydrogens is 478 g/mol. The number of carbonyl (C=O) groups excluding carboxylic acids is 1. The monoisotopic (exact) mass is 517 g/mol. The molecule has 0 saturated carbocycles. The number of hydrogen-bond acceptors (Lipinski definition) is 7. The number of hydrogen-bond donors (Lipinski definition) is 1. The topological polar surface area (TPSA) is 95.1 Å². The van der Waals surface area contributed by atoms with E-state index >= 15 is 0 Å². The molecule has 1 fully saturated rings. The fourth-order valence-corrected chi connectivity index (χ4v) is 6.21. The Bertz CT molecular complexity index is 1130.